The van der Waals surface area contributed by atoms with E-state index in [1.165, 1.54) is 10.8 Å². The normalized spacial score (nSPS) is 11.2. The highest BCUT2D eigenvalue weighted by Crippen LogP contribution is 2.32. The van der Waals surface area contributed by atoms with Crippen LogP contribution in [-0.2, 0) is 0 Å². The molecule has 4 rings (SSSR count). The van der Waals surface area contributed by atoms with Gasteiger partial charge in [0, 0.05) is 5.56 Å². The second-order valence-electron chi connectivity index (χ2n) is 5.57. The van der Waals surface area contributed by atoms with Crippen LogP contribution < -0.4 is 0 Å². The maximum Gasteiger partial charge on any atom is 0.218 e. The molecule has 2 N–H and O–H groups in total. The van der Waals surface area contributed by atoms with Crippen molar-refractivity contribution < 1.29 is 10.2 Å². The first kappa shape index (κ1) is 13.5. The van der Waals surface area contributed by atoms with Gasteiger partial charge < -0.3 is 10.2 Å². The average molecular weight is 302 g/mol. The Morgan fingerprint density at radius 2 is 1.39 bits per heavy atom. The van der Waals surface area contributed by atoms with Crippen LogP contribution in [0.4, 0.5) is 0 Å². The Labute approximate surface area is 132 Å². The van der Waals surface area contributed by atoms with E-state index < -0.39 is 0 Å². The van der Waals surface area contributed by atoms with E-state index in [0.29, 0.717) is 5.82 Å². The zero-order chi connectivity index (χ0) is 16.0. The van der Waals surface area contributed by atoms with E-state index in [1.807, 2.05) is 31.2 Å². The second-order valence-corrected chi connectivity index (χ2v) is 5.57. The number of aryl methyl sites for hydroxylation is 1. The smallest absolute Gasteiger partial charge is 0.218 e. The molecule has 0 saturated carbocycles. The maximum atomic E-state index is 9.59. The Balaban J connectivity index is 2.01. The lowest BCUT2D eigenvalue weighted by Gasteiger charge is -2.10. The molecule has 4 heteroatoms. The lowest BCUT2D eigenvalue weighted by molar-refractivity contribution is 0.423. The molecule has 0 aliphatic carbocycles. The number of rotatable bonds is 1. The minimum absolute atomic E-state index is 0.245. The third kappa shape index (κ3) is 2.25. The summed E-state index contributed by atoms with van der Waals surface area (Å²) in [4.78, 5) is 8.04. The van der Waals surface area contributed by atoms with E-state index in [9.17, 15) is 10.2 Å². The van der Waals surface area contributed by atoms with Crippen LogP contribution in [0.5, 0.6) is 11.8 Å². The van der Waals surface area contributed by atoms with Crippen molar-refractivity contribution in [2.45, 2.75) is 6.92 Å². The number of aromatic nitrogens is 2. The van der Waals surface area contributed by atoms with Gasteiger partial charge in [-0.3, -0.25) is 0 Å². The molecule has 0 bridgehead atoms. The summed E-state index contributed by atoms with van der Waals surface area (Å²) in [7, 11) is 0. The van der Waals surface area contributed by atoms with Gasteiger partial charge in [-0.15, -0.1) is 0 Å². The molecule has 4 nitrogen and oxygen atoms in total. The Morgan fingerprint density at radius 1 is 0.739 bits per heavy atom. The molecule has 0 amide bonds. The summed E-state index contributed by atoms with van der Waals surface area (Å²) in [6.07, 6.45) is 0. The third-order valence-electron chi connectivity index (χ3n) is 4.10. The highest BCUT2D eigenvalue weighted by Gasteiger charge is 2.11. The van der Waals surface area contributed by atoms with E-state index in [-0.39, 0.29) is 11.8 Å². The molecule has 112 valence electrons. The summed E-state index contributed by atoms with van der Waals surface area (Å²) in [6.45, 7) is 2.00. The average Bonchev–Trinajstić information content (AvgIpc) is 2.53. The highest BCUT2D eigenvalue weighted by molar-refractivity contribution is 6.01. The summed E-state index contributed by atoms with van der Waals surface area (Å²) >= 11 is 0. The Morgan fingerprint density at radius 3 is 2.09 bits per heavy atom. The van der Waals surface area contributed by atoms with Crippen molar-refractivity contribution in [3.63, 3.8) is 0 Å². The van der Waals surface area contributed by atoms with Gasteiger partial charge in [-0.25, -0.2) is 0 Å². The predicted octanol–water partition coefficient (Wildman–Crippen LogP) is 4.17. The minimum Gasteiger partial charge on any atom is -0.493 e. The molecule has 0 atom stereocenters. The van der Waals surface area contributed by atoms with Gasteiger partial charge in [0.25, 0.3) is 0 Å². The summed E-state index contributed by atoms with van der Waals surface area (Å²) < 4.78 is 0. The molecule has 0 aliphatic rings. The van der Waals surface area contributed by atoms with E-state index in [1.54, 1.807) is 0 Å². The van der Waals surface area contributed by atoms with Gasteiger partial charge in [0.05, 0.1) is 6.07 Å². The molecular weight excluding hydrogens is 288 g/mol. The lowest BCUT2D eigenvalue weighted by atomic mass is 9.96. The number of benzene rings is 3. The van der Waals surface area contributed by atoms with E-state index in [4.69, 9.17) is 0 Å². The Bertz CT molecular complexity index is 1040. The van der Waals surface area contributed by atoms with Crippen LogP contribution in [0.2, 0.25) is 0 Å². The van der Waals surface area contributed by atoms with Crippen LogP contribution in [0.3, 0.4) is 0 Å². The number of aromatic hydroxyl groups is 2. The Kier molecular flexibility index (Phi) is 2.91. The fourth-order valence-corrected chi connectivity index (χ4v) is 2.95. The molecule has 0 saturated heterocycles. The van der Waals surface area contributed by atoms with Crippen LogP contribution in [0, 0.1) is 6.92 Å². The van der Waals surface area contributed by atoms with Crippen LogP contribution in [0.15, 0.2) is 54.6 Å². The van der Waals surface area contributed by atoms with Gasteiger partial charge in [0.15, 0.2) is 5.82 Å². The van der Waals surface area contributed by atoms with Crippen molar-refractivity contribution in [1.82, 2.24) is 9.97 Å². The first-order valence-corrected chi connectivity index (χ1v) is 7.31. The standard InChI is InChI=1S/C19H14N2O2/c1-11-15(19-20-17(22)10-18(23)21-19)7-6-14-8-12-4-2-3-5-13(12)9-16(11)14/h2-10H,1H3,(H2,20,21,22,23). The SMILES string of the molecule is Cc1c(-c2nc(O)cc(O)n2)ccc2cc3ccccc3cc12. The van der Waals surface area contributed by atoms with Crippen LogP contribution >= 0.6 is 0 Å². The van der Waals surface area contributed by atoms with Gasteiger partial charge in [-0.2, -0.15) is 9.97 Å². The molecule has 3 aromatic carbocycles. The Hall–Kier alpha value is -3.14. The predicted molar refractivity (Wildman–Crippen MR) is 90.5 cm³/mol. The van der Waals surface area contributed by atoms with Crippen LogP contribution in [0.25, 0.3) is 32.9 Å². The number of hydrogen-bond donors (Lipinski definition) is 2. The largest absolute Gasteiger partial charge is 0.493 e. The summed E-state index contributed by atoms with van der Waals surface area (Å²) in [6, 6.07) is 17.6. The summed E-state index contributed by atoms with van der Waals surface area (Å²) in [5, 5.41) is 23.8. The van der Waals surface area contributed by atoms with Crippen molar-refractivity contribution in [1.29, 1.82) is 0 Å². The van der Waals surface area contributed by atoms with Crippen molar-refractivity contribution >= 4 is 21.5 Å². The molecule has 0 spiro atoms. The van der Waals surface area contributed by atoms with Gasteiger partial charge >= 0.3 is 0 Å². The van der Waals surface area contributed by atoms with E-state index in [0.717, 1.165) is 28.0 Å². The van der Waals surface area contributed by atoms with Crippen LogP contribution in [0.1, 0.15) is 5.56 Å². The summed E-state index contributed by atoms with van der Waals surface area (Å²) in [5.74, 6) is -0.175. The first-order chi connectivity index (χ1) is 11.1. The van der Waals surface area contributed by atoms with Gasteiger partial charge in [0.1, 0.15) is 0 Å². The molecule has 23 heavy (non-hydrogen) atoms. The minimum atomic E-state index is -0.245. The molecular formula is C19H14N2O2. The molecule has 1 aromatic heterocycles. The number of hydrogen-bond acceptors (Lipinski definition) is 4. The van der Waals surface area contributed by atoms with E-state index >= 15 is 0 Å². The zero-order valence-electron chi connectivity index (χ0n) is 12.5. The van der Waals surface area contributed by atoms with Crippen molar-refractivity contribution in [2.24, 2.45) is 0 Å². The fourth-order valence-electron chi connectivity index (χ4n) is 2.95. The molecule has 4 aromatic rings. The van der Waals surface area contributed by atoms with Gasteiger partial charge in [-0.05, 0) is 46.2 Å². The molecule has 0 aliphatic heterocycles. The topological polar surface area (TPSA) is 66.2 Å². The quantitative estimate of drug-likeness (QED) is 0.518. The van der Waals surface area contributed by atoms with Crippen molar-refractivity contribution in [2.75, 3.05) is 0 Å². The first-order valence-electron chi connectivity index (χ1n) is 7.31. The fraction of sp³-hybridized carbons (Fsp3) is 0.0526. The molecule has 1 heterocycles. The van der Waals surface area contributed by atoms with Crippen molar-refractivity contribution in [3.8, 4) is 23.1 Å². The zero-order valence-corrected chi connectivity index (χ0v) is 12.5. The van der Waals surface area contributed by atoms with E-state index in [2.05, 4.69) is 34.2 Å². The van der Waals surface area contributed by atoms with Crippen LogP contribution in [-0.4, -0.2) is 20.2 Å². The summed E-state index contributed by atoms with van der Waals surface area (Å²) in [5.41, 5.74) is 1.80. The highest BCUT2D eigenvalue weighted by atomic mass is 16.3. The number of nitrogens with zero attached hydrogens (tertiary/aromatic N) is 2. The lowest BCUT2D eigenvalue weighted by Crippen LogP contribution is -1.93. The molecule has 0 fully saturated rings. The maximum absolute atomic E-state index is 9.59. The monoisotopic (exact) mass is 302 g/mol. The van der Waals surface area contributed by atoms with Gasteiger partial charge in [-0.1, -0.05) is 36.4 Å². The molecule has 0 radical (unpaired) electrons. The second kappa shape index (κ2) is 4.95. The van der Waals surface area contributed by atoms with Gasteiger partial charge in [0.2, 0.25) is 11.8 Å². The van der Waals surface area contributed by atoms with Crippen molar-refractivity contribution in [3.05, 3.63) is 60.2 Å². The molecule has 0 unspecified atom stereocenters. The number of fused-ring (bicyclic) bond motifs is 2. The third-order valence-corrected chi connectivity index (χ3v) is 4.10.